The zero-order valence-corrected chi connectivity index (χ0v) is 16.8. The number of thiazole rings is 1. The molecule has 0 unspecified atom stereocenters. The van der Waals surface area contributed by atoms with E-state index in [2.05, 4.69) is 12.2 Å². The summed E-state index contributed by atoms with van der Waals surface area (Å²) in [5.41, 5.74) is 1.17. The molecular weight excluding hydrogens is 356 g/mol. The number of nitrogens with zero attached hydrogens (tertiary/aromatic N) is 1. The minimum atomic E-state index is -0.0470. The zero-order valence-electron chi connectivity index (χ0n) is 15.9. The number of hydrogen-bond donors (Lipinski definition) is 1. The molecular formula is C22H28N2O2S. The van der Waals surface area contributed by atoms with Gasteiger partial charge in [0.05, 0.1) is 10.2 Å². The van der Waals surface area contributed by atoms with Crippen LogP contribution >= 0.6 is 11.3 Å². The quantitative estimate of drug-likeness (QED) is 0.841. The summed E-state index contributed by atoms with van der Waals surface area (Å²) in [6.45, 7) is 2.33. The highest BCUT2D eigenvalue weighted by Crippen LogP contribution is 2.61. The Labute approximate surface area is 164 Å². The van der Waals surface area contributed by atoms with Gasteiger partial charge in [0.15, 0.2) is 0 Å². The number of nitrogens with one attached hydrogen (secondary N) is 1. The first-order chi connectivity index (χ1) is 13.1. The van der Waals surface area contributed by atoms with Crippen LogP contribution < -0.4 is 10.2 Å². The normalized spacial score (nSPS) is 32.7. The average Bonchev–Trinajstić information content (AvgIpc) is 2.94. The van der Waals surface area contributed by atoms with Crippen molar-refractivity contribution in [1.29, 1.82) is 0 Å². The second-order valence-electron chi connectivity index (χ2n) is 9.23. The molecule has 1 amide bonds. The molecule has 1 aromatic heterocycles. The maximum atomic E-state index is 12.9. The fraction of sp³-hybridized carbons (Fsp3) is 0.636. The van der Waals surface area contributed by atoms with Gasteiger partial charge in [0.25, 0.3) is 0 Å². The summed E-state index contributed by atoms with van der Waals surface area (Å²) >= 11 is 1.22. The molecule has 4 saturated carbocycles. The SMILES string of the molecule is CC[C@H](NC(=O)Cn1c(=O)sc2ccccc21)C12CC3CC(CC(C3)C1)C2. The largest absolute Gasteiger partial charge is 0.351 e. The van der Waals surface area contributed by atoms with Gasteiger partial charge < -0.3 is 5.32 Å². The number of carbonyl (C=O) groups is 1. The maximum absolute atomic E-state index is 12.9. The number of rotatable bonds is 5. The topological polar surface area (TPSA) is 51.1 Å². The van der Waals surface area contributed by atoms with E-state index < -0.39 is 0 Å². The number of fused-ring (bicyclic) bond motifs is 1. The number of amides is 1. The van der Waals surface area contributed by atoms with Gasteiger partial charge in [-0.1, -0.05) is 30.4 Å². The molecule has 6 rings (SSSR count). The van der Waals surface area contributed by atoms with Crippen LogP contribution in [0.1, 0.15) is 51.9 Å². The highest BCUT2D eigenvalue weighted by atomic mass is 32.1. The van der Waals surface area contributed by atoms with E-state index in [4.69, 9.17) is 0 Å². The first kappa shape index (κ1) is 17.5. The lowest BCUT2D eigenvalue weighted by molar-refractivity contribution is -0.127. The molecule has 5 heteroatoms. The summed E-state index contributed by atoms with van der Waals surface area (Å²) in [4.78, 5) is 25.2. The minimum absolute atomic E-state index is 0.0109. The van der Waals surface area contributed by atoms with Crippen LogP contribution in [0, 0.1) is 23.2 Å². The van der Waals surface area contributed by atoms with E-state index in [0.29, 0.717) is 5.41 Å². The zero-order chi connectivity index (χ0) is 18.6. The fourth-order valence-corrected chi connectivity index (χ4v) is 7.73. The second kappa shape index (κ2) is 6.47. The Hall–Kier alpha value is -1.62. The number of aromatic nitrogens is 1. The molecule has 0 spiro atoms. The molecule has 4 bridgehead atoms. The van der Waals surface area contributed by atoms with Gasteiger partial charge in [0.2, 0.25) is 5.91 Å². The molecule has 0 aliphatic heterocycles. The Kier molecular flexibility index (Phi) is 4.19. The summed E-state index contributed by atoms with van der Waals surface area (Å²) < 4.78 is 2.57. The fourth-order valence-electron chi connectivity index (χ4n) is 6.84. The molecule has 4 fully saturated rings. The third kappa shape index (κ3) is 2.95. The van der Waals surface area contributed by atoms with Crippen molar-refractivity contribution in [3.8, 4) is 0 Å². The molecule has 0 radical (unpaired) electrons. The predicted octanol–water partition coefficient (Wildman–Crippen LogP) is 4.17. The number of benzene rings is 1. The van der Waals surface area contributed by atoms with Gasteiger partial charge in [0.1, 0.15) is 6.54 Å². The summed E-state index contributed by atoms with van der Waals surface area (Å²) in [6.07, 6.45) is 9.11. The molecule has 1 atom stereocenters. The van der Waals surface area contributed by atoms with Gasteiger partial charge in [-0.15, -0.1) is 0 Å². The monoisotopic (exact) mass is 384 g/mol. The van der Waals surface area contributed by atoms with Crippen LogP contribution in [-0.2, 0) is 11.3 Å². The summed E-state index contributed by atoms with van der Waals surface area (Å²) in [5.74, 6) is 2.63. The van der Waals surface area contributed by atoms with Crippen LogP contribution in [0.25, 0.3) is 10.2 Å². The Morgan fingerprint density at radius 1 is 1.19 bits per heavy atom. The molecule has 27 heavy (non-hydrogen) atoms. The first-order valence-corrected chi connectivity index (χ1v) is 11.3. The molecule has 2 aromatic rings. The van der Waals surface area contributed by atoms with Crippen molar-refractivity contribution in [2.75, 3.05) is 0 Å². The van der Waals surface area contributed by atoms with Crippen molar-refractivity contribution in [2.24, 2.45) is 23.2 Å². The highest BCUT2D eigenvalue weighted by Gasteiger charge is 2.53. The van der Waals surface area contributed by atoms with Crippen LogP contribution in [0.4, 0.5) is 0 Å². The Balaban J connectivity index is 1.35. The van der Waals surface area contributed by atoms with Crippen molar-refractivity contribution < 1.29 is 4.79 Å². The molecule has 4 aliphatic carbocycles. The van der Waals surface area contributed by atoms with E-state index >= 15 is 0 Å². The van der Waals surface area contributed by atoms with E-state index in [0.717, 1.165) is 34.4 Å². The third-order valence-corrected chi connectivity index (χ3v) is 8.40. The van der Waals surface area contributed by atoms with Gasteiger partial charge in [-0.2, -0.15) is 0 Å². The molecule has 1 N–H and O–H groups in total. The Morgan fingerprint density at radius 3 is 2.44 bits per heavy atom. The van der Waals surface area contributed by atoms with Crippen molar-refractivity contribution in [3.05, 3.63) is 33.9 Å². The molecule has 4 nitrogen and oxygen atoms in total. The van der Waals surface area contributed by atoms with E-state index in [1.165, 1.54) is 49.9 Å². The summed E-state index contributed by atoms with van der Waals surface area (Å²) in [6, 6.07) is 7.98. The molecule has 1 heterocycles. The Morgan fingerprint density at radius 2 is 1.81 bits per heavy atom. The minimum Gasteiger partial charge on any atom is -0.351 e. The third-order valence-electron chi connectivity index (χ3n) is 7.44. The van der Waals surface area contributed by atoms with Gasteiger partial charge in [-0.3, -0.25) is 14.2 Å². The second-order valence-corrected chi connectivity index (χ2v) is 10.2. The van der Waals surface area contributed by atoms with Crippen molar-refractivity contribution in [2.45, 2.75) is 64.5 Å². The van der Waals surface area contributed by atoms with Gasteiger partial charge in [-0.25, -0.2) is 0 Å². The predicted molar refractivity (Wildman–Crippen MR) is 109 cm³/mol. The lowest BCUT2D eigenvalue weighted by Crippen LogP contribution is -2.57. The number of hydrogen-bond acceptors (Lipinski definition) is 3. The van der Waals surface area contributed by atoms with Crippen LogP contribution in [-0.4, -0.2) is 16.5 Å². The van der Waals surface area contributed by atoms with E-state index in [-0.39, 0.29) is 23.4 Å². The first-order valence-electron chi connectivity index (χ1n) is 10.4. The van der Waals surface area contributed by atoms with Crippen molar-refractivity contribution >= 4 is 27.5 Å². The molecule has 4 aliphatic rings. The average molecular weight is 385 g/mol. The van der Waals surface area contributed by atoms with Gasteiger partial charge in [-0.05, 0) is 80.2 Å². The molecule has 144 valence electrons. The molecule has 1 aromatic carbocycles. The van der Waals surface area contributed by atoms with Crippen LogP contribution in [0.15, 0.2) is 29.1 Å². The lowest BCUT2D eigenvalue weighted by atomic mass is 9.47. The Bertz CT molecular complexity index is 892. The van der Waals surface area contributed by atoms with E-state index in [1.807, 2.05) is 24.3 Å². The van der Waals surface area contributed by atoms with Gasteiger partial charge in [0, 0.05) is 6.04 Å². The maximum Gasteiger partial charge on any atom is 0.308 e. The number of para-hydroxylation sites is 1. The van der Waals surface area contributed by atoms with Crippen LogP contribution in [0.5, 0.6) is 0 Å². The van der Waals surface area contributed by atoms with E-state index in [9.17, 15) is 9.59 Å². The van der Waals surface area contributed by atoms with Crippen molar-refractivity contribution in [1.82, 2.24) is 9.88 Å². The van der Waals surface area contributed by atoms with Crippen LogP contribution in [0.3, 0.4) is 0 Å². The summed E-state index contributed by atoms with van der Waals surface area (Å²) in [7, 11) is 0. The standard InChI is InChI=1S/C22H28N2O2S/c1-2-19(22-10-14-7-15(11-22)9-16(8-14)12-22)23-20(25)13-24-17-5-3-4-6-18(17)27-21(24)26/h3-6,14-16,19H,2,7-13H2,1H3,(H,23,25)/t14?,15?,16?,19-,22?/m0/s1. The molecule has 0 saturated heterocycles. The van der Waals surface area contributed by atoms with E-state index in [1.54, 1.807) is 4.57 Å². The highest BCUT2D eigenvalue weighted by molar-refractivity contribution is 7.16. The number of carbonyl (C=O) groups excluding carboxylic acids is 1. The van der Waals surface area contributed by atoms with Gasteiger partial charge >= 0.3 is 4.87 Å². The van der Waals surface area contributed by atoms with Crippen LogP contribution in [0.2, 0.25) is 0 Å². The lowest BCUT2D eigenvalue weighted by Gasteiger charge is -2.59. The summed E-state index contributed by atoms with van der Waals surface area (Å²) in [5, 5.41) is 3.36. The smallest absolute Gasteiger partial charge is 0.308 e. The van der Waals surface area contributed by atoms with Crippen molar-refractivity contribution in [3.63, 3.8) is 0 Å².